The smallest absolute Gasteiger partial charge is 0.344 e. The number of hydroxylamine groups is 2. The van der Waals surface area contributed by atoms with E-state index in [-0.39, 0.29) is 24.3 Å². The van der Waals surface area contributed by atoms with Crippen molar-refractivity contribution >= 4 is 23.8 Å². The molecule has 0 saturated heterocycles. The molecule has 0 aliphatic carbocycles. The second kappa shape index (κ2) is 7.50. The molecular formula is C15H15NO7. The number of imide groups is 1. The summed E-state index contributed by atoms with van der Waals surface area (Å²) in [5, 5.41) is 8.92. The second-order valence-corrected chi connectivity index (χ2v) is 4.74. The van der Waals surface area contributed by atoms with Crippen LogP contribution in [0.2, 0.25) is 0 Å². The monoisotopic (exact) mass is 321 g/mol. The van der Waals surface area contributed by atoms with Crippen molar-refractivity contribution in [2.24, 2.45) is 0 Å². The molecule has 0 radical (unpaired) electrons. The summed E-state index contributed by atoms with van der Waals surface area (Å²) < 4.78 is 4.76. The number of aliphatic hydroxyl groups excluding tert-OH is 1. The molecule has 1 aromatic rings. The third-order valence-corrected chi connectivity index (χ3v) is 3.05. The van der Waals surface area contributed by atoms with E-state index in [0.29, 0.717) is 17.9 Å². The maximum Gasteiger partial charge on any atom is 0.344 e. The molecule has 1 aromatic carbocycles. The lowest BCUT2D eigenvalue weighted by atomic mass is 10.1. The predicted molar refractivity (Wildman–Crippen MR) is 74.9 cm³/mol. The molecule has 8 nitrogen and oxygen atoms in total. The van der Waals surface area contributed by atoms with Gasteiger partial charge < -0.3 is 14.7 Å². The zero-order chi connectivity index (χ0) is 16.8. The van der Waals surface area contributed by atoms with E-state index in [1.54, 1.807) is 12.1 Å². The number of nitrogens with zero attached hydrogens (tertiary/aromatic N) is 1. The van der Waals surface area contributed by atoms with Gasteiger partial charge in [0.2, 0.25) is 0 Å². The van der Waals surface area contributed by atoms with Crippen molar-refractivity contribution in [3.05, 3.63) is 35.4 Å². The molecule has 2 amide bonds. The Bertz CT molecular complexity index is 605. The number of aliphatic hydroxyl groups is 1. The first kappa shape index (κ1) is 16.6. The van der Waals surface area contributed by atoms with Crippen LogP contribution >= 0.6 is 0 Å². The van der Waals surface area contributed by atoms with Gasteiger partial charge in [0.1, 0.15) is 6.42 Å². The van der Waals surface area contributed by atoms with Crippen LogP contribution in [0.15, 0.2) is 24.3 Å². The van der Waals surface area contributed by atoms with Gasteiger partial charge in [-0.2, -0.15) is 0 Å². The fraction of sp³-hybridized carbons (Fsp3) is 0.333. The number of hydrogen-bond acceptors (Lipinski definition) is 7. The number of amides is 2. The Morgan fingerprint density at radius 1 is 1.00 bits per heavy atom. The highest BCUT2D eigenvalue weighted by Gasteiger charge is 2.38. The van der Waals surface area contributed by atoms with Gasteiger partial charge in [-0.15, -0.1) is 0 Å². The predicted octanol–water partition coefficient (Wildman–Crippen LogP) is 0.447. The van der Waals surface area contributed by atoms with Crippen molar-refractivity contribution in [3.63, 3.8) is 0 Å². The highest BCUT2D eigenvalue weighted by Crippen LogP contribution is 2.22. The van der Waals surface area contributed by atoms with Crippen molar-refractivity contribution in [1.29, 1.82) is 0 Å². The summed E-state index contributed by atoms with van der Waals surface area (Å²) >= 11 is 0. The Kier molecular flexibility index (Phi) is 5.42. The number of esters is 1. The first-order valence-electron chi connectivity index (χ1n) is 6.99. The molecule has 0 fully saturated rings. The molecule has 0 spiro atoms. The average molecular weight is 321 g/mol. The minimum atomic E-state index is -1.06. The Hall–Kier alpha value is -2.74. The van der Waals surface area contributed by atoms with Crippen LogP contribution in [0.5, 0.6) is 0 Å². The summed E-state index contributed by atoms with van der Waals surface area (Å²) in [4.78, 5) is 51.6. The number of fused-ring (bicyclic) bond motifs is 1. The van der Waals surface area contributed by atoms with Crippen LogP contribution in [0.3, 0.4) is 0 Å². The van der Waals surface area contributed by atoms with E-state index in [9.17, 15) is 19.2 Å². The molecule has 8 heteroatoms. The van der Waals surface area contributed by atoms with Gasteiger partial charge in [0.25, 0.3) is 11.8 Å². The number of carbonyl (C=O) groups is 4. The van der Waals surface area contributed by atoms with Gasteiger partial charge in [-0.3, -0.25) is 14.4 Å². The zero-order valence-electron chi connectivity index (χ0n) is 12.2. The molecule has 0 saturated carbocycles. The van der Waals surface area contributed by atoms with Crippen LogP contribution in [0.1, 0.15) is 40.0 Å². The number of carbonyl (C=O) groups excluding carboxylic acids is 4. The third kappa shape index (κ3) is 3.92. The molecule has 1 aliphatic rings. The highest BCUT2D eigenvalue weighted by molar-refractivity contribution is 6.21. The summed E-state index contributed by atoms with van der Waals surface area (Å²) in [6.45, 7) is 0.0546. The first-order valence-corrected chi connectivity index (χ1v) is 6.99. The Balaban J connectivity index is 1.86. The quantitative estimate of drug-likeness (QED) is 0.336. The summed E-state index contributed by atoms with van der Waals surface area (Å²) in [6, 6.07) is 6.05. The van der Waals surface area contributed by atoms with Crippen LogP contribution in [0.25, 0.3) is 0 Å². The summed E-state index contributed by atoms with van der Waals surface area (Å²) in [7, 11) is 0. The van der Waals surface area contributed by atoms with E-state index >= 15 is 0 Å². The van der Waals surface area contributed by atoms with Crippen molar-refractivity contribution in [3.8, 4) is 0 Å². The molecule has 1 aliphatic heterocycles. The first-order chi connectivity index (χ1) is 11.0. The molecular weight excluding hydrogens is 306 g/mol. The zero-order valence-corrected chi connectivity index (χ0v) is 12.2. The standard InChI is InChI=1S/C15H15NO7/c17-7-3-4-8-22-12(18)9-13(19)23-16-14(20)10-5-1-2-6-11(10)15(16)21/h1-2,5-6,17H,3-4,7-9H2. The van der Waals surface area contributed by atoms with E-state index in [1.807, 2.05) is 0 Å². The minimum Gasteiger partial charge on any atom is -0.465 e. The van der Waals surface area contributed by atoms with E-state index in [1.165, 1.54) is 12.1 Å². The van der Waals surface area contributed by atoms with E-state index in [4.69, 9.17) is 9.84 Å². The summed E-state index contributed by atoms with van der Waals surface area (Å²) in [6.07, 6.45) is 0.231. The number of rotatable bonds is 7. The van der Waals surface area contributed by atoms with E-state index < -0.39 is 30.2 Å². The average Bonchev–Trinajstić information content (AvgIpc) is 2.77. The lowest BCUT2D eigenvalue weighted by Gasteiger charge is -2.12. The Morgan fingerprint density at radius 2 is 1.61 bits per heavy atom. The van der Waals surface area contributed by atoms with Gasteiger partial charge in [0.05, 0.1) is 17.7 Å². The molecule has 1 N–H and O–H groups in total. The van der Waals surface area contributed by atoms with Crippen LogP contribution < -0.4 is 0 Å². The number of ether oxygens (including phenoxy) is 1. The van der Waals surface area contributed by atoms with Gasteiger partial charge in [0, 0.05) is 6.61 Å². The Morgan fingerprint density at radius 3 is 2.17 bits per heavy atom. The molecule has 0 bridgehead atoms. The molecule has 0 unspecified atom stereocenters. The maximum absolute atomic E-state index is 12.0. The van der Waals surface area contributed by atoms with Gasteiger partial charge in [-0.25, -0.2) is 4.79 Å². The maximum atomic E-state index is 12.0. The topological polar surface area (TPSA) is 110 Å². The van der Waals surface area contributed by atoms with Crippen LogP contribution in [0.4, 0.5) is 0 Å². The highest BCUT2D eigenvalue weighted by atomic mass is 16.7. The molecule has 122 valence electrons. The molecule has 1 heterocycles. The fourth-order valence-corrected chi connectivity index (χ4v) is 1.95. The third-order valence-electron chi connectivity index (χ3n) is 3.05. The van der Waals surface area contributed by atoms with Gasteiger partial charge in [0.15, 0.2) is 0 Å². The minimum absolute atomic E-state index is 0.0145. The largest absolute Gasteiger partial charge is 0.465 e. The van der Waals surface area contributed by atoms with E-state index in [2.05, 4.69) is 4.84 Å². The SMILES string of the molecule is O=C(CC(=O)ON1C(=O)c2ccccc2C1=O)OCCCCO. The Labute approximate surface area is 131 Å². The fourth-order valence-electron chi connectivity index (χ4n) is 1.95. The lowest BCUT2D eigenvalue weighted by Crippen LogP contribution is -2.33. The van der Waals surface area contributed by atoms with Crippen molar-refractivity contribution in [2.75, 3.05) is 13.2 Å². The van der Waals surface area contributed by atoms with Crippen molar-refractivity contribution in [1.82, 2.24) is 5.06 Å². The second-order valence-electron chi connectivity index (χ2n) is 4.74. The van der Waals surface area contributed by atoms with Crippen molar-refractivity contribution < 1.29 is 33.9 Å². The number of hydrogen-bond donors (Lipinski definition) is 1. The van der Waals surface area contributed by atoms with Crippen LogP contribution in [0, 0.1) is 0 Å². The number of benzene rings is 1. The van der Waals surface area contributed by atoms with Gasteiger partial charge in [-0.1, -0.05) is 17.2 Å². The number of unbranched alkanes of at least 4 members (excludes halogenated alkanes) is 1. The van der Waals surface area contributed by atoms with Gasteiger partial charge >= 0.3 is 11.9 Å². The molecule has 2 rings (SSSR count). The van der Waals surface area contributed by atoms with Crippen molar-refractivity contribution in [2.45, 2.75) is 19.3 Å². The van der Waals surface area contributed by atoms with Crippen LogP contribution in [-0.2, 0) is 19.2 Å². The van der Waals surface area contributed by atoms with Gasteiger partial charge in [-0.05, 0) is 25.0 Å². The molecule has 23 heavy (non-hydrogen) atoms. The molecule has 0 atom stereocenters. The molecule has 0 aromatic heterocycles. The normalized spacial score (nSPS) is 13.0. The summed E-state index contributed by atoms with van der Waals surface area (Å²) in [5.74, 6) is -3.40. The van der Waals surface area contributed by atoms with E-state index in [0.717, 1.165) is 0 Å². The lowest BCUT2D eigenvalue weighted by molar-refractivity contribution is -0.172. The van der Waals surface area contributed by atoms with Crippen LogP contribution in [-0.4, -0.2) is 47.1 Å². The summed E-state index contributed by atoms with van der Waals surface area (Å²) in [5.41, 5.74) is 0.272.